The van der Waals surface area contributed by atoms with Crippen molar-refractivity contribution in [2.75, 3.05) is 5.32 Å². The van der Waals surface area contributed by atoms with Gasteiger partial charge in [-0.05, 0) is 48.0 Å². The molecule has 0 radical (unpaired) electrons. The number of rotatable bonds is 6. The van der Waals surface area contributed by atoms with Crippen LogP contribution in [0.2, 0.25) is 0 Å². The minimum Gasteiger partial charge on any atom is -0.489 e. The minimum absolute atomic E-state index is 0.563. The van der Waals surface area contributed by atoms with Gasteiger partial charge in [-0.25, -0.2) is 0 Å². The molecule has 2 nitrogen and oxygen atoms in total. The fourth-order valence-corrected chi connectivity index (χ4v) is 3.00. The van der Waals surface area contributed by atoms with Gasteiger partial charge in [0, 0.05) is 26.7 Å². The van der Waals surface area contributed by atoms with Crippen molar-refractivity contribution in [2.45, 2.75) is 13.2 Å². The molecule has 0 aromatic heterocycles. The summed E-state index contributed by atoms with van der Waals surface area (Å²) in [4.78, 5) is 0. The van der Waals surface area contributed by atoms with E-state index >= 15 is 0 Å². The molecule has 0 atom stereocenters. The lowest BCUT2D eigenvalue weighted by Crippen LogP contribution is -2.04. The summed E-state index contributed by atoms with van der Waals surface area (Å²) in [5.74, 6) is 0.895. The Labute approximate surface area is 159 Å². The lowest BCUT2D eigenvalue weighted by Gasteiger charge is -2.14. The van der Waals surface area contributed by atoms with Crippen molar-refractivity contribution >= 4 is 37.5 Å². The Bertz CT molecular complexity index is 788. The van der Waals surface area contributed by atoms with Crippen LogP contribution in [0.5, 0.6) is 5.75 Å². The van der Waals surface area contributed by atoms with Crippen LogP contribution >= 0.6 is 31.9 Å². The predicted molar refractivity (Wildman–Crippen MR) is 106 cm³/mol. The molecule has 3 aromatic carbocycles. The van der Waals surface area contributed by atoms with E-state index in [9.17, 15) is 0 Å². The molecule has 0 saturated carbocycles. The Hall–Kier alpha value is -1.78. The molecule has 3 aromatic rings. The second-order valence-electron chi connectivity index (χ2n) is 5.39. The van der Waals surface area contributed by atoms with Gasteiger partial charge < -0.3 is 10.1 Å². The standard InChI is InChI=1S/C20H17Br2NO/c21-17-6-9-19(10-7-17)23-13-16-12-18(22)8-11-20(16)24-14-15-4-2-1-3-5-15/h1-12,23H,13-14H2. The van der Waals surface area contributed by atoms with Gasteiger partial charge in [0.1, 0.15) is 12.4 Å². The lowest BCUT2D eigenvalue weighted by molar-refractivity contribution is 0.303. The van der Waals surface area contributed by atoms with Crippen LogP contribution in [0.4, 0.5) is 5.69 Å². The highest BCUT2D eigenvalue weighted by atomic mass is 79.9. The van der Waals surface area contributed by atoms with Crippen molar-refractivity contribution in [3.63, 3.8) is 0 Å². The van der Waals surface area contributed by atoms with Crippen LogP contribution in [-0.4, -0.2) is 0 Å². The summed E-state index contributed by atoms with van der Waals surface area (Å²) in [6, 6.07) is 24.4. The van der Waals surface area contributed by atoms with Crippen molar-refractivity contribution in [2.24, 2.45) is 0 Å². The monoisotopic (exact) mass is 445 g/mol. The molecule has 0 fully saturated rings. The average molecular weight is 447 g/mol. The fourth-order valence-electron chi connectivity index (χ4n) is 2.33. The first kappa shape index (κ1) is 17.1. The van der Waals surface area contributed by atoms with Gasteiger partial charge in [0.05, 0.1) is 0 Å². The largest absolute Gasteiger partial charge is 0.489 e. The summed E-state index contributed by atoms with van der Waals surface area (Å²) in [7, 11) is 0. The number of halogens is 2. The minimum atomic E-state index is 0.563. The van der Waals surface area contributed by atoms with E-state index in [1.165, 1.54) is 0 Å². The Morgan fingerprint density at radius 1 is 0.792 bits per heavy atom. The summed E-state index contributed by atoms with van der Waals surface area (Å²) in [5.41, 5.74) is 3.35. The summed E-state index contributed by atoms with van der Waals surface area (Å²) in [5, 5.41) is 3.43. The molecular formula is C20H17Br2NO. The smallest absolute Gasteiger partial charge is 0.124 e. The van der Waals surface area contributed by atoms with Gasteiger partial charge in [0.2, 0.25) is 0 Å². The van der Waals surface area contributed by atoms with Crippen molar-refractivity contribution < 1.29 is 4.74 Å². The van der Waals surface area contributed by atoms with Gasteiger partial charge in [0.25, 0.3) is 0 Å². The van der Waals surface area contributed by atoms with E-state index in [4.69, 9.17) is 4.74 Å². The molecule has 0 aliphatic heterocycles. The van der Waals surface area contributed by atoms with Gasteiger partial charge in [-0.15, -0.1) is 0 Å². The van der Waals surface area contributed by atoms with E-state index in [0.717, 1.165) is 31.5 Å². The van der Waals surface area contributed by atoms with Crippen molar-refractivity contribution in [3.05, 3.63) is 92.9 Å². The van der Waals surface area contributed by atoms with Gasteiger partial charge >= 0.3 is 0 Å². The Morgan fingerprint density at radius 2 is 1.50 bits per heavy atom. The Balaban J connectivity index is 1.69. The second kappa shape index (κ2) is 8.36. The third-order valence-corrected chi connectivity index (χ3v) is 4.61. The van der Waals surface area contributed by atoms with E-state index in [1.54, 1.807) is 0 Å². The van der Waals surface area contributed by atoms with Crippen LogP contribution in [-0.2, 0) is 13.2 Å². The van der Waals surface area contributed by atoms with Gasteiger partial charge in [-0.3, -0.25) is 0 Å². The van der Waals surface area contributed by atoms with E-state index in [-0.39, 0.29) is 0 Å². The van der Waals surface area contributed by atoms with Crippen LogP contribution in [0.1, 0.15) is 11.1 Å². The van der Waals surface area contributed by atoms with Crippen molar-refractivity contribution in [1.82, 2.24) is 0 Å². The lowest BCUT2D eigenvalue weighted by atomic mass is 10.2. The quantitative estimate of drug-likeness (QED) is 0.472. The molecular weight excluding hydrogens is 430 g/mol. The number of nitrogens with one attached hydrogen (secondary N) is 1. The molecule has 0 aliphatic carbocycles. The van der Waals surface area contributed by atoms with Gasteiger partial charge in [-0.2, -0.15) is 0 Å². The molecule has 4 heteroatoms. The normalized spacial score (nSPS) is 10.4. The van der Waals surface area contributed by atoms with Gasteiger partial charge in [-0.1, -0.05) is 62.2 Å². The summed E-state index contributed by atoms with van der Waals surface area (Å²) in [6.07, 6.45) is 0. The maximum Gasteiger partial charge on any atom is 0.124 e. The van der Waals surface area contributed by atoms with Crippen LogP contribution in [0.15, 0.2) is 81.7 Å². The highest BCUT2D eigenvalue weighted by Crippen LogP contribution is 2.25. The molecule has 1 N–H and O–H groups in total. The molecule has 0 amide bonds. The summed E-state index contributed by atoms with van der Waals surface area (Å²) in [6.45, 7) is 1.26. The zero-order valence-electron chi connectivity index (χ0n) is 13.0. The van der Waals surface area contributed by atoms with Crippen molar-refractivity contribution in [1.29, 1.82) is 0 Å². The maximum absolute atomic E-state index is 6.02. The number of hydrogen-bond acceptors (Lipinski definition) is 2. The van der Waals surface area contributed by atoms with Gasteiger partial charge in [0.15, 0.2) is 0 Å². The Kier molecular flexibility index (Phi) is 5.94. The molecule has 0 spiro atoms. The van der Waals surface area contributed by atoms with Crippen LogP contribution in [0.25, 0.3) is 0 Å². The third-order valence-electron chi connectivity index (χ3n) is 3.59. The van der Waals surface area contributed by atoms with E-state index < -0.39 is 0 Å². The number of anilines is 1. The van der Waals surface area contributed by atoms with Crippen LogP contribution < -0.4 is 10.1 Å². The molecule has 3 rings (SSSR count). The molecule has 122 valence electrons. The van der Waals surface area contributed by atoms with Crippen LogP contribution in [0.3, 0.4) is 0 Å². The molecule has 0 heterocycles. The molecule has 0 saturated heterocycles. The maximum atomic E-state index is 6.02. The zero-order chi connectivity index (χ0) is 16.8. The van der Waals surface area contributed by atoms with Crippen LogP contribution in [0, 0.1) is 0 Å². The van der Waals surface area contributed by atoms with Crippen molar-refractivity contribution in [3.8, 4) is 5.75 Å². The Morgan fingerprint density at radius 3 is 2.25 bits per heavy atom. The first-order chi connectivity index (χ1) is 11.7. The number of ether oxygens (including phenoxy) is 1. The fraction of sp³-hybridized carbons (Fsp3) is 0.100. The number of benzene rings is 3. The average Bonchev–Trinajstić information content (AvgIpc) is 2.61. The predicted octanol–water partition coefficient (Wildman–Crippen LogP) is 6.40. The first-order valence-corrected chi connectivity index (χ1v) is 9.24. The second-order valence-corrected chi connectivity index (χ2v) is 7.22. The first-order valence-electron chi connectivity index (χ1n) is 7.65. The molecule has 0 bridgehead atoms. The highest BCUT2D eigenvalue weighted by molar-refractivity contribution is 9.10. The third kappa shape index (κ3) is 4.86. The summed E-state index contributed by atoms with van der Waals surface area (Å²) < 4.78 is 8.13. The SMILES string of the molecule is Brc1ccc(NCc2cc(Br)ccc2OCc2ccccc2)cc1. The molecule has 0 aliphatic rings. The topological polar surface area (TPSA) is 21.3 Å². The summed E-state index contributed by atoms with van der Waals surface area (Å²) >= 11 is 6.99. The number of hydrogen-bond donors (Lipinski definition) is 1. The highest BCUT2D eigenvalue weighted by Gasteiger charge is 2.06. The molecule has 24 heavy (non-hydrogen) atoms. The van der Waals surface area contributed by atoms with E-state index in [1.807, 2.05) is 54.6 Å². The van der Waals surface area contributed by atoms with E-state index in [2.05, 4.69) is 55.4 Å². The van der Waals surface area contributed by atoms with E-state index in [0.29, 0.717) is 13.2 Å². The zero-order valence-corrected chi connectivity index (χ0v) is 16.2. The molecule has 0 unspecified atom stereocenters.